The maximum Gasteiger partial charge on any atom is 0.230 e. The third-order valence-corrected chi connectivity index (χ3v) is 4.64. The fourth-order valence-corrected chi connectivity index (χ4v) is 2.90. The predicted molar refractivity (Wildman–Crippen MR) is 108 cm³/mol. The zero-order chi connectivity index (χ0) is 19.5. The maximum absolute atomic E-state index is 12.0. The highest BCUT2D eigenvalue weighted by atomic mass is 32.2. The Balaban J connectivity index is 1.52. The third kappa shape index (κ3) is 8.17. The molecule has 0 aliphatic carbocycles. The summed E-state index contributed by atoms with van der Waals surface area (Å²) >= 11 is 1.00. The summed E-state index contributed by atoms with van der Waals surface area (Å²) in [7, 11) is 0. The van der Waals surface area contributed by atoms with Crippen molar-refractivity contribution in [3.8, 4) is 0 Å². The van der Waals surface area contributed by atoms with Crippen molar-refractivity contribution in [2.75, 3.05) is 12.3 Å². The number of benzene rings is 1. The van der Waals surface area contributed by atoms with Crippen LogP contribution in [0.2, 0.25) is 0 Å². The molecule has 0 unspecified atom stereocenters. The van der Waals surface area contributed by atoms with Crippen molar-refractivity contribution in [1.82, 2.24) is 10.6 Å². The Morgan fingerprint density at radius 2 is 1.81 bits per heavy atom. The number of unbranched alkanes of at least 4 members (excludes halogenated alkanes) is 2. The fraction of sp³-hybridized carbons (Fsp3) is 0.421. The largest absolute Gasteiger partial charge is 0.355 e. The van der Waals surface area contributed by atoms with E-state index in [9.17, 15) is 14.4 Å². The Bertz CT molecular complexity index is 732. The first-order valence-electron chi connectivity index (χ1n) is 8.93. The van der Waals surface area contributed by atoms with E-state index in [-0.39, 0.29) is 22.7 Å². The lowest BCUT2D eigenvalue weighted by Gasteiger charge is -2.06. The molecule has 0 bridgehead atoms. The Labute approximate surface area is 163 Å². The first kappa shape index (κ1) is 20.8. The van der Waals surface area contributed by atoms with Gasteiger partial charge in [0.2, 0.25) is 11.8 Å². The van der Waals surface area contributed by atoms with Crippen LogP contribution in [-0.4, -0.2) is 40.8 Å². The molecule has 7 nitrogen and oxygen atoms in total. The van der Waals surface area contributed by atoms with Crippen LogP contribution in [0.4, 0.5) is 0 Å². The summed E-state index contributed by atoms with van der Waals surface area (Å²) in [6.07, 6.45) is 3.31. The highest BCUT2D eigenvalue weighted by Gasteiger charge is 2.16. The van der Waals surface area contributed by atoms with Crippen molar-refractivity contribution in [2.24, 2.45) is 10.2 Å². The Hall–Kier alpha value is -2.48. The molecule has 1 aromatic rings. The maximum atomic E-state index is 12.0. The molecular formula is C19H24N4O3S. The first-order valence-corrected chi connectivity index (χ1v) is 9.92. The average Bonchev–Trinajstić information content (AvgIpc) is 3.12. The summed E-state index contributed by atoms with van der Waals surface area (Å²) < 4.78 is 0. The number of hydrogen-bond donors (Lipinski definition) is 2. The molecule has 1 aliphatic rings. The summed E-state index contributed by atoms with van der Waals surface area (Å²) in [5.74, 6) is 0.531. The minimum atomic E-state index is -0.138. The van der Waals surface area contributed by atoms with Crippen LogP contribution in [0.5, 0.6) is 0 Å². The van der Waals surface area contributed by atoms with E-state index in [0.29, 0.717) is 25.2 Å². The first-order chi connectivity index (χ1) is 13.0. The Kier molecular flexibility index (Phi) is 8.70. The van der Waals surface area contributed by atoms with Gasteiger partial charge in [-0.1, -0.05) is 48.5 Å². The summed E-state index contributed by atoms with van der Waals surface area (Å²) in [6, 6.07) is 9.77. The number of nitrogens with zero attached hydrogens (tertiary/aromatic N) is 2. The van der Waals surface area contributed by atoms with E-state index in [4.69, 9.17) is 0 Å². The Morgan fingerprint density at radius 1 is 1.04 bits per heavy atom. The molecule has 1 aliphatic heterocycles. The van der Waals surface area contributed by atoms with Crippen LogP contribution in [-0.2, 0) is 14.4 Å². The summed E-state index contributed by atoms with van der Waals surface area (Å²) in [6.45, 7) is 1.99. The van der Waals surface area contributed by atoms with Crippen molar-refractivity contribution < 1.29 is 14.4 Å². The molecule has 2 N–H and O–H groups in total. The van der Waals surface area contributed by atoms with Crippen LogP contribution < -0.4 is 10.6 Å². The molecular weight excluding hydrogens is 364 g/mol. The van der Waals surface area contributed by atoms with Crippen LogP contribution in [0.1, 0.15) is 44.6 Å². The van der Waals surface area contributed by atoms with E-state index in [1.165, 1.54) is 6.92 Å². The molecule has 0 saturated heterocycles. The van der Waals surface area contributed by atoms with E-state index < -0.39 is 0 Å². The molecule has 0 saturated carbocycles. The lowest BCUT2D eigenvalue weighted by atomic mass is 10.1. The van der Waals surface area contributed by atoms with Crippen molar-refractivity contribution in [3.63, 3.8) is 0 Å². The number of nitrogens with one attached hydrogen (secondary N) is 2. The number of carbonyl (C=O) groups is 3. The summed E-state index contributed by atoms with van der Waals surface area (Å²) in [5, 5.41) is 13.7. The molecule has 0 spiro atoms. The lowest BCUT2D eigenvalue weighted by molar-refractivity contribution is -0.120. The third-order valence-electron chi connectivity index (χ3n) is 3.83. The highest BCUT2D eigenvalue weighted by molar-refractivity contribution is 8.14. The lowest BCUT2D eigenvalue weighted by Crippen LogP contribution is -2.30. The second-order valence-corrected chi connectivity index (χ2v) is 7.28. The number of carbonyl (C=O) groups excluding carboxylic acids is 3. The van der Waals surface area contributed by atoms with Gasteiger partial charge in [0.25, 0.3) is 0 Å². The molecule has 0 radical (unpaired) electrons. The van der Waals surface area contributed by atoms with Gasteiger partial charge in [0.1, 0.15) is 5.84 Å². The average molecular weight is 388 g/mol. The summed E-state index contributed by atoms with van der Waals surface area (Å²) in [4.78, 5) is 34.2. The van der Waals surface area contributed by atoms with Gasteiger partial charge >= 0.3 is 0 Å². The van der Waals surface area contributed by atoms with Gasteiger partial charge in [-0.3, -0.25) is 14.4 Å². The fourth-order valence-electron chi connectivity index (χ4n) is 2.47. The van der Waals surface area contributed by atoms with Gasteiger partial charge in [-0.15, -0.1) is 5.10 Å². The minimum Gasteiger partial charge on any atom is -0.355 e. The van der Waals surface area contributed by atoms with Crippen molar-refractivity contribution in [3.05, 3.63) is 35.9 Å². The van der Waals surface area contributed by atoms with E-state index in [1.807, 2.05) is 30.3 Å². The van der Waals surface area contributed by atoms with Crippen molar-refractivity contribution in [1.29, 1.82) is 0 Å². The van der Waals surface area contributed by atoms with E-state index in [0.717, 1.165) is 42.3 Å². The minimum absolute atomic E-state index is 0.0654. The zero-order valence-electron chi connectivity index (χ0n) is 15.4. The molecule has 1 heterocycles. The van der Waals surface area contributed by atoms with Gasteiger partial charge in [-0.05, 0) is 18.4 Å². The van der Waals surface area contributed by atoms with Crippen LogP contribution >= 0.6 is 11.8 Å². The molecule has 27 heavy (non-hydrogen) atoms. The number of amides is 2. The van der Waals surface area contributed by atoms with Gasteiger partial charge in [-0.25, -0.2) is 0 Å². The molecule has 2 amide bonds. The smallest absolute Gasteiger partial charge is 0.230 e. The second-order valence-electron chi connectivity index (χ2n) is 6.13. The van der Waals surface area contributed by atoms with E-state index >= 15 is 0 Å². The SMILES string of the molecule is CC(=O)SCC(=O)NCCCCCC(=O)NC1=NN=C(c2ccccc2)C1. The molecule has 1 aromatic carbocycles. The van der Waals surface area contributed by atoms with Crippen LogP contribution in [0, 0.1) is 0 Å². The summed E-state index contributed by atoms with van der Waals surface area (Å²) in [5.41, 5.74) is 1.86. The topological polar surface area (TPSA) is 100.0 Å². The van der Waals surface area contributed by atoms with Crippen LogP contribution in [0.15, 0.2) is 40.5 Å². The molecule has 2 rings (SSSR count). The number of amidine groups is 1. The predicted octanol–water partition coefficient (Wildman–Crippen LogP) is 2.27. The van der Waals surface area contributed by atoms with Crippen molar-refractivity contribution in [2.45, 2.75) is 39.0 Å². The van der Waals surface area contributed by atoms with Crippen molar-refractivity contribution >= 4 is 40.2 Å². The molecule has 0 atom stereocenters. The zero-order valence-corrected chi connectivity index (χ0v) is 16.2. The van der Waals surface area contributed by atoms with E-state index in [1.54, 1.807) is 0 Å². The highest BCUT2D eigenvalue weighted by Crippen LogP contribution is 2.10. The molecule has 144 valence electrons. The monoisotopic (exact) mass is 388 g/mol. The van der Waals surface area contributed by atoms with Gasteiger partial charge in [0.05, 0.1) is 17.9 Å². The second kappa shape index (κ2) is 11.3. The Morgan fingerprint density at radius 3 is 2.56 bits per heavy atom. The van der Waals surface area contributed by atoms with Gasteiger partial charge in [0.15, 0.2) is 5.12 Å². The van der Waals surface area contributed by atoms with Gasteiger partial charge in [0, 0.05) is 19.9 Å². The number of hydrogen-bond acceptors (Lipinski definition) is 6. The standard InChI is InChI=1S/C19H24N4O3S/c1-14(24)27-13-19(26)20-11-7-3-6-10-18(25)21-17-12-16(22-23-17)15-8-4-2-5-9-15/h2,4-5,8-9H,3,6-7,10-13H2,1H3,(H,20,26)(H,21,23,25). The molecule has 8 heteroatoms. The van der Waals surface area contributed by atoms with Crippen LogP contribution in [0.3, 0.4) is 0 Å². The normalized spacial score (nSPS) is 12.9. The van der Waals surface area contributed by atoms with Gasteiger partial charge in [-0.2, -0.15) is 5.10 Å². The van der Waals surface area contributed by atoms with E-state index in [2.05, 4.69) is 20.8 Å². The van der Waals surface area contributed by atoms with Gasteiger partial charge < -0.3 is 10.6 Å². The molecule has 0 aromatic heterocycles. The van der Waals surface area contributed by atoms with Crippen LogP contribution in [0.25, 0.3) is 0 Å². The number of thioether (sulfide) groups is 1. The quantitative estimate of drug-likeness (QED) is 0.634. The molecule has 0 fully saturated rings. The number of rotatable bonds is 9.